The van der Waals surface area contributed by atoms with Crippen LogP contribution in [0.5, 0.6) is 0 Å². The number of nitrogens with zero attached hydrogens (tertiary/aromatic N) is 1. The summed E-state index contributed by atoms with van der Waals surface area (Å²) in [6, 6.07) is 9.49. The molecule has 2 aliphatic heterocycles. The van der Waals surface area contributed by atoms with Crippen molar-refractivity contribution in [3.05, 3.63) is 35.9 Å². The summed E-state index contributed by atoms with van der Waals surface area (Å²) in [4.78, 5) is 21.4. The number of carbonyl (C=O) groups is 2. The average Bonchev–Trinajstić information content (AvgIpc) is 3.26. The van der Waals surface area contributed by atoms with Crippen LogP contribution in [0.4, 0.5) is 4.79 Å². The molecule has 0 spiro atoms. The Hall–Kier alpha value is -2.25. The standard InChI is InChI=1S/C12H14N2O3.C4H6O2/c15-12(14-13-11-6-7-16-9-11)17-8-10-4-2-1-3-5-10;5-4-1-2-6-3-4/h1-5H,6-9H2,(H,14,15);1-3H2. The first kappa shape index (κ1) is 17.1. The molecule has 7 nitrogen and oxygen atoms in total. The van der Waals surface area contributed by atoms with E-state index in [1.54, 1.807) is 0 Å². The highest BCUT2D eigenvalue weighted by Crippen LogP contribution is 2.01. The van der Waals surface area contributed by atoms with Gasteiger partial charge in [-0.15, -0.1) is 0 Å². The van der Waals surface area contributed by atoms with Crippen molar-refractivity contribution >= 4 is 17.6 Å². The Morgan fingerprint density at radius 3 is 2.43 bits per heavy atom. The maximum Gasteiger partial charge on any atom is 0.428 e. The largest absolute Gasteiger partial charge is 0.443 e. The van der Waals surface area contributed by atoms with Gasteiger partial charge in [0.25, 0.3) is 0 Å². The highest BCUT2D eigenvalue weighted by Gasteiger charge is 2.09. The fraction of sp³-hybridized carbons (Fsp3) is 0.438. The van der Waals surface area contributed by atoms with E-state index in [4.69, 9.17) is 14.2 Å². The number of Topliss-reactive ketones (excluding diaryl/α,β-unsaturated/α-hetero) is 1. The number of benzene rings is 1. The van der Waals surface area contributed by atoms with E-state index in [1.807, 2.05) is 30.3 Å². The Labute approximate surface area is 134 Å². The second-order valence-electron chi connectivity index (χ2n) is 5.00. The summed E-state index contributed by atoms with van der Waals surface area (Å²) in [6.07, 6.45) is 0.840. The van der Waals surface area contributed by atoms with E-state index in [0.29, 0.717) is 32.8 Å². The molecule has 1 N–H and O–H groups in total. The molecule has 0 aliphatic carbocycles. The van der Waals surface area contributed by atoms with Gasteiger partial charge in [0.05, 0.1) is 25.5 Å². The van der Waals surface area contributed by atoms with E-state index in [-0.39, 0.29) is 12.4 Å². The smallest absolute Gasteiger partial charge is 0.428 e. The Balaban J connectivity index is 0.000000268. The monoisotopic (exact) mass is 320 g/mol. The van der Waals surface area contributed by atoms with Crippen molar-refractivity contribution in [2.45, 2.75) is 19.4 Å². The molecule has 0 unspecified atom stereocenters. The Morgan fingerprint density at radius 2 is 1.87 bits per heavy atom. The van der Waals surface area contributed by atoms with Crippen LogP contribution in [0, 0.1) is 0 Å². The SMILES string of the molecule is O=C(NN=C1CCOC1)OCc1ccccc1.O=C1CCOC1. The van der Waals surface area contributed by atoms with Gasteiger partial charge in [-0.2, -0.15) is 5.10 Å². The summed E-state index contributed by atoms with van der Waals surface area (Å²) >= 11 is 0. The zero-order valence-corrected chi connectivity index (χ0v) is 12.8. The number of hydrazone groups is 1. The lowest BCUT2D eigenvalue weighted by Crippen LogP contribution is -2.20. The van der Waals surface area contributed by atoms with Gasteiger partial charge in [0.2, 0.25) is 0 Å². The molecule has 124 valence electrons. The zero-order chi connectivity index (χ0) is 16.3. The molecular weight excluding hydrogens is 300 g/mol. The van der Waals surface area contributed by atoms with Gasteiger partial charge in [0.1, 0.15) is 13.2 Å². The summed E-state index contributed by atoms with van der Waals surface area (Å²) in [6.45, 7) is 2.38. The molecule has 3 rings (SSSR count). The van der Waals surface area contributed by atoms with Crippen molar-refractivity contribution in [1.82, 2.24) is 5.43 Å². The number of hydrogen-bond donors (Lipinski definition) is 1. The first-order chi connectivity index (χ1) is 11.2. The zero-order valence-electron chi connectivity index (χ0n) is 12.8. The predicted molar refractivity (Wildman–Crippen MR) is 83.1 cm³/mol. The second kappa shape index (κ2) is 9.70. The van der Waals surface area contributed by atoms with E-state index in [1.165, 1.54) is 0 Å². The summed E-state index contributed by atoms with van der Waals surface area (Å²) < 4.78 is 14.8. The van der Waals surface area contributed by atoms with Crippen LogP contribution in [0.2, 0.25) is 0 Å². The van der Waals surface area contributed by atoms with Gasteiger partial charge < -0.3 is 14.2 Å². The van der Waals surface area contributed by atoms with Crippen LogP contribution in [0.15, 0.2) is 35.4 Å². The maximum absolute atomic E-state index is 11.3. The molecule has 7 heteroatoms. The number of ether oxygens (including phenoxy) is 3. The molecule has 2 heterocycles. The van der Waals surface area contributed by atoms with Crippen LogP contribution in [0.3, 0.4) is 0 Å². The van der Waals surface area contributed by atoms with E-state index >= 15 is 0 Å². The third kappa shape index (κ3) is 7.03. The number of rotatable bonds is 3. The number of carbonyl (C=O) groups excluding carboxylic acids is 2. The van der Waals surface area contributed by atoms with Crippen LogP contribution in [-0.4, -0.2) is 44.0 Å². The molecular formula is C16H20N2O5. The molecule has 2 fully saturated rings. The molecule has 0 radical (unpaired) electrons. The highest BCUT2D eigenvalue weighted by molar-refractivity contribution is 5.87. The third-order valence-corrected chi connectivity index (χ3v) is 3.11. The quantitative estimate of drug-likeness (QED) is 0.856. The predicted octanol–water partition coefficient (Wildman–Crippen LogP) is 1.66. The number of amides is 1. The van der Waals surface area contributed by atoms with Crippen molar-refractivity contribution in [1.29, 1.82) is 0 Å². The first-order valence-electron chi connectivity index (χ1n) is 7.43. The lowest BCUT2D eigenvalue weighted by molar-refractivity contribution is -0.117. The Bertz CT molecular complexity index is 529. The van der Waals surface area contributed by atoms with Crippen LogP contribution in [0.25, 0.3) is 0 Å². The first-order valence-corrected chi connectivity index (χ1v) is 7.43. The minimum atomic E-state index is -0.548. The lowest BCUT2D eigenvalue weighted by atomic mass is 10.2. The molecule has 23 heavy (non-hydrogen) atoms. The van der Waals surface area contributed by atoms with Gasteiger partial charge in [-0.25, -0.2) is 10.2 Å². The normalized spacial score (nSPS) is 18.4. The van der Waals surface area contributed by atoms with Crippen molar-refractivity contribution in [2.24, 2.45) is 5.10 Å². The van der Waals surface area contributed by atoms with Gasteiger partial charge in [0, 0.05) is 12.8 Å². The Morgan fingerprint density at radius 1 is 1.13 bits per heavy atom. The third-order valence-electron chi connectivity index (χ3n) is 3.11. The minimum Gasteiger partial charge on any atom is -0.443 e. The van der Waals surface area contributed by atoms with Crippen LogP contribution >= 0.6 is 0 Å². The topological polar surface area (TPSA) is 86.2 Å². The number of ketones is 1. The second-order valence-corrected chi connectivity index (χ2v) is 5.00. The molecule has 0 atom stereocenters. The van der Waals surface area contributed by atoms with E-state index in [0.717, 1.165) is 17.7 Å². The fourth-order valence-electron chi connectivity index (χ4n) is 1.86. The van der Waals surface area contributed by atoms with Crippen LogP contribution < -0.4 is 5.43 Å². The molecule has 2 aliphatic rings. The summed E-state index contributed by atoms with van der Waals surface area (Å²) in [5.41, 5.74) is 4.12. The van der Waals surface area contributed by atoms with Crippen LogP contribution in [-0.2, 0) is 25.6 Å². The van der Waals surface area contributed by atoms with Crippen molar-refractivity contribution in [3.8, 4) is 0 Å². The van der Waals surface area contributed by atoms with E-state index in [9.17, 15) is 9.59 Å². The molecule has 2 saturated heterocycles. The van der Waals surface area contributed by atoms with Crippen molar-refractivity contribution in [3.63, 3.8) is 0 Å². The highest BCUT2D eigenvalue weighted by atomic mass is 16.6. The van der Waals surface area contributed by atoms with Gasteiger partial charge in [-0.1, -0.05) is 30.3 Å². The maximum atomic E-state index is 11.3. The molecule has 1 aromatic rings. The lowest BCUT2D eigenvalue weighted by Gasteiger charge is -2.03. The number of nitrogens with one attached hydrogen (secondary N) is 1. The minimum absolute atomic E-state index is 0.231. The summed E-state index contributed by atoms with van der Waals surface area (Å²) in [5.74, 6) is 0.231. The fourth-order valence-corrected chi connectivity index (χ4v) is 1.86. The van der Waals surface area contributed by atoms with E-state index < -0.39 is 6.09 Å². The number of hydrogen-bond acceptors (Lipinski definition) is 6. The molecule has 1 amide bonds. The van der Waals surface area contributed by atoms with Crippen LogP contribution in [0.1, 0.15) is 18.4 Å². The summed E-state index contributed by atoms with van der Waals surface area (Å²) in [5, 5.41) is 3.90. The average molecular weight is 320 g/mol. The molecule has 1 aromatic carbocycles. The van der Waals surface area contributed by atoms with Gasteiger partial charge in [0.15, 0.2) is 5.78 Å². The van der Waals surface area contributed by atoms with Gasteiger partial charge in [-0.05, 0) is 5.56 Å². The molecule has 0 bridgehead atoms. The van der Waals surface area contributed by atoms with Gasteiger partial charge in [-0.3, -0.25) is 4.79 Å². The Kier molecular flexibility index (Phi) is 7.22. The molecule has 0 aromatic heterocycles. The van der Waals surface area contributed by atoms with Gasteiger partial charge >= 0.3 is 6.09 Å². The molecule has 0 saturated carbocycles. The van der Waals surface area contributed by atoms with E-state index in [2.05, 4.69) is 10.5 Å². The summed E-state index contributed by atoms with van der Waals surface area (Å²) in [7, 11) is 0. The van der Waals surface area contributed by atoms with Crippen molar-refractivity contribution in [2.75, 3.05) is 26.4 Å². The van der Waals surface area contributed by atoms with Crippen molar-refractivity contribution < 1.29 is 23.8 Å².